The molecule has 0 heterocycles. The molecule has 0 rings (SSSR count). The highest BCUT2D eigenvalue weighted by Gasteiger charge is 2.35. The van der Waals surface area contributed by atoms with Crippen LogP contribution in [0.15, 0.2) is 0 Å². The molecule has 0 bridgehead atoms. The van der Waals surface area contributed by atoms with Gasteiger partial charge in [0, 0.05) is 5.41 Å². The SMILES string of the molecule is CC(C)(C)C(=O)C(F)C(F)F. The highest BCUT2D eigenvalue weighted by molar-refractivity contribution is 5.88. The van der Waals surface area contributed by atoms with E-state index in [-0.39, 0.29) is 0 Å². The summed E-state index contributed by atoms with van der Waals surface area (Å²) in [6, 6.07) is 0. The zero-order chi connectivity index (χ0) is 9.23. The van der Waals surface area contributed by atoms with Crippen LogP contribution < -0.4 is 0 Å². The van der Waals surface area contributed by atoms with Crippen molar-refractivity contribution in [2.75, 3.05) is 0 Å². The molecule has 1 nitrogen and oxygen atoms in total. The van der Waals surface area contributed by atoms with E-state index >= 15 is 0 Å². The molecule has 0 fully saturated rings. The fourth-order valence-electron chi connectivity index (χ4n) is 0.528. The molecule has 0 N–H and O–H groups in total. The molecular weight excluding hydrogens is 157 g/mol. The van der Waals surface area contributed by atoms with Crippen LogP contribution in [0.3, 0.4) is 0 Å². The van der Waals surface area contributed by atoms with E-state index in [1.165, 1.54) is 20.8 Å². The molecule has 0 aromatic carbocycles. The maximum Gasteiger partial charge on any atom is 0.276 e. The lowest BCUT2D eigenvalue weighted by Gasteiger charge is -2.18. The molecule has 0 aliphatic heterocycles. The predicted molar refractivity (Wildman–Crippen MR) is 35.4 cm³/mol. The van der Waals surface area contributed by atoms with Crippen LogP contribution in [-0.2, 0) is 4.79 Å². The van der Waals surface area contributed by atoms with Gasteiger partial charge in [-0.1, -0.05) is 20.8 Å². The highest BCUT2D eigenvalue weighted by Crippen LogP contribution is 2.21. The van der Waals surface area contributed by atoms with Gasteiger partial charge in [-0.15, -0.1) is 0 Å². The van der Waals surface area contributed by atoms with E-state index in [0.29, 0.717) is 0 Å². The number of carbonyl (C=O) groups excluding carboxylic acids is 1. The van der Waals surface area contributed by atoms with Crippen molar-refractivity contribution >= 4 is 5.78 Å². The number of halogens is 3. The van der Waals surface area contributed by atoms with Crippen molar-refractivity contribution in [2.45, 2.75) is 33.4 Å². The number of rotatable bonds is 2. The molecule has 0 aliphatic carbocycles. The molecule has 0 aromatic rings. The van der Waals surface area contributed by atoms with E-state index in [2.05, 4.69) is 0 Å². The van der Waals surface area contributed by atoms with Gasteiger partial charge in [-0.05, 0) is 0 Å². The Morgan fingerprint density at radius 1 is 1.18 bits per heavy atom. The summed E-state index contributed by atoms with van der Waals surface area (Å²) >= 11 is 0. The first-order chi connectivity index (χ1) is 4.76. The molecule has 0 aromatic heterocycles. The van der Waals surface area contributed by atoms with Gasteiger partial charge in [0.2, 0.25) is 6.17 Å². The number of ketones is 1. The van der Waals surface area contributed by atoms with Crippen molar-refractivity contribution in [3.63, 3.8) is 0 Å². The summed E-state index contributed by atoms with van der Waals surface area (Å²) in [5.74, 6) is -1.05. The van der Waals surface area contributed by atoms with Crippen molar-refractivity contribution in [3.8, 4) is 0 Å². The fraction of sp³-hybridized carbons (Fsp3) is 0.857. The first kappa shape index (κ1) is 10.5. The maximum absolute atomic E-state index is 12.3. The van der Waals surface area contributed by atoms with Gasteiger partial charge in [0.15, 0.2) is 5.78 Å². The lowest BCUT2D eigenvalue weighted by Crippen LogP contribution is -2.34. The maximum atomic E-state index is 12.3. The van der Waals surface area contributed by atoms with Crippen molar-refractivity contribution in [1.82, 2.24) is 0 Å². The summed E-state index contributed by atoms with van der Waals surface area (Å²) in [6.07, 6.45) is -5.85. The minimum Gasteiger partial charge on any atom is -0.296 e. The van der Waals surface area contributed by atoms with E-state index in [1.54, 1.807) is 0 Å². The van der Waals surface area contributed by atoms with E-state index in [1.807, 2.05) is 0 Å². The summed E-state index contributed by atoms with van der Waals surface area (Å²) < 4.78 is 35.5. The van der Waals surface area contributed by atoms with Crippen LogP contribution in [0.5, 0.6) is 0 Å². The zero-order valence-corrected chi connectivity index (χ0v) is 6.70. The highest BCUT2D eigenvalue weighted by atomic mass is 19.3. The van der Waals surface area contributed by atoms with E-state index < -0.39 is 23.8 Å². The molecule has 66 valence electrons. The van der Waals surface area contributed by atoms with Crippen LogP contribution in [0, 0.1) is 5.41 Å². The normalized spacial score (nSPS) is 15.2. The van der Waals surface area contributed by atoms with Crippen LogP contribution >= 0.6 is 0 Å². The third kappa shape index (κ3) is 2.91. The summed E-state index contributed by atoms with van der Waals surface area (Å²) in [5, 5.41) is 0. The Kier molecular flexibility index (Phi) is 3.08. The van der Waals surface area contributed by atoms with E-state index in [0.717, 1.165) is 0 Å². The van der Waals surface area contributed by atoms with Gasteiger partial charge in [-0.3, -0.25) is 4.79 Å². The topological polar surface area (TPSA) is 17.1 Å². The van der Waals surface area contributed by atoms with E-state index in [9.17, 15) is 18.0 Å². The number of Topliss-reactive ketones (excluding diaryl/α,β-unsaturated/α-hetero) is 1. The second-order valence-corrected chi connectivity index (χ2v) is 3.35. The third-order valence-corrected chi connectivity index (χ3v) is 1.21. The molecule has 0 radical (unpaired) electrons. The average molecular weight is 168 g/mol. The summed E-state index contributed by atoms with van der Waals surface area (Å²) in [4.78, 5) is 10.8. The molecule has 0 saturated heterocycles. The van der Waals surface area contributed by atoms with Crippen molar-refractivity contribution in [1.29, 1.82) is 0 Å². The quantitative estimate of drug-likeness (QED) is 0.617. The van der Waals surface area contributed by atoms with Crippen LogP contribution in [-0.4, -0.2) is 18.4 Å². The Hall–Kier alpha value is -0.540. The Bertz CT molecular complexity index is 148. The number of carbonyl (C=O) groups is 1. The summed E-state index contributed by atoms with van der Waals surface area (Å²) in [6.45, 7) is 4.22. The van der Waals surface area contributed by atoms with Gasteiger partial charge in [0.1, 0.15) is 0 Å². The third-order valence-electron chi connectivity index (χ3n) is 1.21. The fourth-order valence-corrected chi connectivity index (χ4v) is 0.528. The van der Waals surface area contributed by atoms with Crippen LogP contribution in [0.25, 0.3) is 0 Å². The van der Waals surface area contributed by atoms with Gasteiger partial charge in [-0.2, -0.15) is 0 Å². The van der Waals surface area contributed by atoms with Crippen LogP contribution in [0.1, 0.15) is 20.8 Å². The van der Waals surface area contributed by atoms with Crippen molar-refractivity contribution < 1.29 is 18.0 Å². The van der Waals surface area contributed by atoms with Gasteiger partial charge in [0.25, 0.3) is 6.43 Å². The molecule has 0 aliphatic rings. The zero-order valence-electron chi connectivity index (χ0n) is 6.70. The van der Waals surface area contributed by atoms with E-state index in [4.69, 9.17) is 0 Å². The summed E-state index contributed by atoms with van der Waals surface area (Å²) in [7, 11) is 0. The minimum atomic E-state index is -3.21. The smallest absolute Gasteiger partial charge is 0.276 e. The van der Waals surface area contributed by atoms with Gasteiger partial charge in [-0.25, -0.2) is 13.2 Å². The second-order valence-electron chi connectivity index (χ2n) is 3.35. The molecule has 0 spiro atoms. The Balaban J connectivity index is 4.26. The Morgan fingerprint density at radius 3 is 1.64 bits per heavy atom. The number of hydrogen-bond acceptors (Lipinski definition) is 1. The Morgan fingerprint density at radius 2 is 1.55 bits per heavy atom. The lowest BCUT2D eigenvalue weighted by atomic mass is 9.88. The van der Waals surface area contributed by atoms with Crippen LogP contribution in [0.2, 0.25) is 0 Å². The molecule has 1 unspecified atom stereocenters. The van der Waals surface area contributed by atoms with Crippen molar-refractivity contribution in [3.05, 3.63) is 0 Å². The molecule has 0 amide bonds. The molecule has 0 saturated carbocycles. The Labute approximate surface area is 63.6 Å². The molecule has 11 heavy (non-hydrogen) atoms. The van der Waals surface area contributed by atoms with Gasteiger partial charge >= 0.3 is 0 Å². The van der Waals surface area contributed by atoms with Gasteiger partial charge in [0.05, 0.1) is 0 Å². The number of hydrogen-bond donors (Lipinski definition) is 0. The number of alkyl halides is 3. The molecular formula is C7H11F3O. The molecule has 4 heteroatoms. The second kappa shape index (κ2) is 3.24. The standard InChI is InChI=1S/C7H11F3O/c1-7(2,3)5(11)4(8)6(9)10/h4,6H,1-3H3. The van der Waals surface area contributed by atoms with Crippen LogP contribution in [0.4, 0.5) is 13.2 Å². The lowest BCUT2D eigenvalue weighted by molar-refractivity contribution is -0.136. The first-order valence-electron chi connectivity index (χ1n) is 3.23. The minimum absolute atomic E-state index is 1.03. The monoisotopic (exact) mass is 168 g/mol. The average Bonchev–Trinajstić information content (AvgIpc) is 1.82. The van der Waals surface area contributed by atoms with Crippen molar-refractivity contribution in [2.24, 2.45) is 5.41 Å². The first-order valence-corrected chi connectivity index (χ1v) is 3.23. The molecule has 1 atom stereocenters. The van der Waals surface area contributed by atoms with Gasteiger partial charge < -0.3 is 0 Å². The largest absolute Gasteiger partial charge is 0.296 e. The summed E-state index contributed by atoms with van der Waals surface area (Å²) in [5.41, 5.74) is -1.03. The predicted octanol–water partition coefficient (Wildman–Crippen LogP) is 2.20.